The SMILES string of the molecule is CCC(CCO)c1ccc2c3nc(-c4c(C#N)cccc4C#N)nc3c3ccc(OCC4CC4)cc3c2[nH]1. The number of hydrogen-bond acceptors (Lipinski definition) is 6. The van der Waals surface area contributed by atoms with E-state index in [1.54, 1.807) is 18.2 Å². The van der Waals surface area contributed by atoms with Crippen molar-refractivity contribution in [2.24, 2.45) is 5.92 Å². The Bertz CT molecular complexity index is 1740. The molecule has 0 radical (unpaired) electrons. The van der Waals surface area contributed by atoms with Gasteiger partial charge >= 0.3 is 0 Å². The third kappa shape index (κ3) is 4.12. The molecule has 188 valence electrons. The number of imidazole rings is 1. The fraction of sp³-hybridized carbons (Fsp3) is 0.290. The lowest BCUT2D eigenvalue weighted by Gasteiger charge is -2.16. The summed E-state index contributed by atoms with van der Waals surface area (Å²) in [5.74, 6) is 2.02. The number of fused-ring (bicyclic) bond motifs is 6. The summed E-state index contributed by atoms with van der Waals surface area (Å²) in [5.41, 5.74) is 4.60. The molecule has 2 N–H and O–H groups in total. The summed E-state index contributed by atoms with van der Waals surface area (Å²) in [4.78, 5) is 13.4. The number of ether oxygens (including phenoxy) is 1. The first-order chi connectivity index (χ1) is 18.6. The van der Waals surface area contributed by atoms with E-state index in [2.05, 4.69) is 42.2 Å². The van der Waals surface area contributed by atoms with Crippen molar-refractivity contribution in [1.82, 2.24) is 15.0 Å². The van der Waals surface area contributed by atoms with Crippen molar-refractivity contribution >= 4 is 32.7 Å². The third-order valence-electron chi connectivity index (χ3n) is 7.52. The molecule has 1 aliphatic carbocycles. The minimum absolute atomic E-state index is 0.126. The number of aromatic amines is 1. The first-order valence-electron chi connectivity index (χ1n) is 13.1. The van der Waals surface area contributed by atoms with E-state index in [0.29, 0.717) is 40.4 Å². The zero-order chi connectivity index (χ0) is 26.2. The van der Waals surface area contributed by atoms with E-state index >= 15 is 0 Å². The molecule has 0 saturated heterocycles. The minimum Gasteiger partial charge on any atom is -0.493 e. The summed E-state index contributed by atoms with van der Waals surface area (Å²) in [7, 11) is 0. The number of pyridine rings is 1. The molecule has 38 heavy (non-hydrogen) atoms. The average Bonchev–Trinajstić information content (AvgIpc) is 3.69. The van der Waals surface area contributed by atoms with Gasteiger partial charge in [-0.3, -0.25) is 0 Å². The maximum Gasteiger partial charge on any atom is 0.163 e. The van der Waals surface area contributed by atoms with Gasteiger partial charge in [-0.1, -0.05) is 13.0 Å². The second kappa shape index (κ2) is 9.78. The third-order valence-corrected chi connectivity index (χ3v) is 7.52. The molecule has 1 saturated carbocycles. The van der Waals surface area contributed by atoms with Gasteiger partial charge < -0.3 is 14.8 Å². The lowest BCUT2D eigenvalue weighted by molar-refractivity contribution is 0.273. The zero-order valence-corrected chi connectivity index (χ0v) is 21.2. The van der Waals surface area contributed by atoms with Gasteiger partial charge in [0.25, 0.3) is 0 Å². The van der Waals surface area contributed by atoms with E-state index in [1.807, 2.05) is 12.1 Å². The number of aromatic nitrogens is 3. The van der Waals surface area contributed by atoms with E-state index in [4.69, 9.17) is 14.7 Å². The van der Waals surface area contributed by atoms with Crippen molar-refractivity contribution in [3.8, 4) is 29.3 Å². The summed E-state index contributed by atoms with van der Waals surface area (Å²) in [6.45, 7) is 2.97. The van der Waals surface area contributed by atoms with Crippen molar-refractivity contribution in [2.75, 3.05) is 13.2 Å². The van der Waals surface area contributed by atoms with Gasteiger partial charge in [0.1, 0.15) is 11.3 Å². The number of hydrogen-bond donors (Lipinski definition) is 2. The Balaban J connectivity index is 1.63. The zero-order valence-electron chi connectivity index (χ0n) is 21.2. The summed E-state index contributed by atoms with van der Waals surface area (Å²) in [5, 5.41) is 31.9. The monoisotopic (exact) mass is 501 g/mol. The standard InChI is InChI=1S/C31H27N5O2/c1-2-19(12-13-37)26-11-10-24-28(34-26)25-14-22(38-17-18-6-7-18)8-9-23(25)29-30(24)36-31(35-29)27-20(15-32)4-3-5-21(27)16-33/h3-5,8-11,14,18-19,34,37H,2,6-7,12-13,17H2,1H3. The van der Waals surface area contributed by atoms with Gasteiger partial charge in [0.15, 0.2) is 5.82 Å². The Labute approximate surface area is 220 Å². The molecule has 7 nitrogen and oxygen atoms in total. The predicted octanol–water partition coefficient (Wildman–Crippen LogP) is 6.34. The van der Waals surface area contributed by atoms with Gasteiger partial charge in [-0.05, 0) is 74.1 Å². The molecule has 1 atom stereocenters. The Morgan fingerprint density at radius 3 is 2.37 bits per heavy atom. The Kier molecular flexibility index (Phi) is 6.15. The lowest BCUT2D eigenvalue weighted by atomic mass is 9.96. The van der Waals surface area contributed by atoms with E-state index in [9.17, 15) is 15.6 Å². The van der Waals surface area contributed by atoms with Gasteiger partial charge in [-0.15, -0.1) is 0 Å². The van der Waals surface area contributed by atoms with Crippen LogP contribution in [0.25, 0.3) is 44.1 Å². The Morgan fingerprint density at radius 1 is 1.00 bits per heavy atom. The molecular formula is C31H27N5O2. The largest absolute Gasteiger partial charge is 0.493 e. The topological polar surface area (TPSA) is 119 Å². The highest BCUT2D eigenvalue weighted by Crippen LogP contribution is 2.39. The molecule has 5 aromatic rings. The van der Waals surface area contributed by atoms with Crippen LogP contribution in [-0.2, 0) is 0 Å². The molecule has 3 aromatic carbocycles. The van der Waals surface area contributed by atoms with Crippen LogP contribution < -0.4 is 4.74 Å². The summed E-state index contributed by atoms with van der Waals surface area (Å²) >= 11 is 0. The van der Waals surface area contributed by atoms with Crippen molar-refractivity contribution in [3.63, 3.8) is 0 Å². The molecule has 1 aliphatic rings. The molecule has 0 amide bonds. The number of nitrogens with zero attached hydrogens (tertiary/aromatic N) is 4. The van der Waals surface area contributed by atoms with Crippen LogP contribution >= 0.6 is 0 Å². The van der Waals surface area contributed by atoms with Crippen LogP contribution in [0.2, 0.25) is 0 Å². The lowest BCUT2D eigenvalue weighted by Crippen LogP contribution is -2.03. The fourth-order valence-corrected chi connectivity index (χ4v) is 5.23. The van der Waals surface area contributed by atoms with Gasteiger partial charge in [0, 0.05) is 34.4 Å². The van der Waals surface area contributed by atoms with Gasteiger partial charge in [-0.25, -0.2) is 9.97 Å². The van der Waals surface area contributed by atoms with Gasteiger partial charge in [0.2, 0.25) is 0 Å². The van der Waals surface area contributed by atoms with Crippen LogP contribution in [0, 0.1) is 28.6 Å². The Morgan fingerprint density at radius 2 is 1.71 bits per heavy atom. The van der Waals surface area contributed by atoms with Crippen molar-refractivity contribution in [3.05, 3.63) is 65.4 Å². The van der Waals surface area contributed by atoms with E-state index in [1.165, 1.54) is 12.8 Å². The van der Waals surface area contributed by atoms with E-state index in [0.717, 1.165) is 51.7 Å². The predicted molar refractivity (Wildman–Crippen MR) is 147 cm³/mol. The van der Waals surface area contributed by atoms with Crippen molar-refractivity contribution in [2.45, 2.75) is 38.5 Å². The molecule has 0 aliphatic heterocycles. The molecule has 2 aromatic heterocycles. The van der Waals surface area contributed by atoms with Crippen molar-refractivity contribution in [1.29, 1.82) is 10.5 Å². The van der Waals surface area contributed by atoms with Crippen LogP contribution in [0.5, 0.6) is 5.75 Å². The highest BCUT2D eigenvalue weighted by atomic mass is 16.5. The molecular weight excluding hydrogens is 474 g/mol. The highest BCUT2D eigenvalue weighted by Gasteiger charge is 2.23. The molecule has 7 heteroatoms. The normalized spacial score (nSPS) is 14.0. The number of nitriles is 2. The van der Waals surface area contributed by atoms with Crippen LogP contribution in [0.1, 0.15) is 55.3 Å². The Hall–Kier alpha value is -4.46. The van der Waals surface area contributed by atoms with Crippen LogP contribution in [-0.4, -0.2) is 33.3 Å². The van der Waals surface area contributed by atoms with E-state index in [-0.39, 0.29) is 12.5 Å². The maximum atomic E-state index is 9.74. The summed E-state index contributed by atoms with van der Waals surface area (Å²) < 4.78 is 6.12. The second-order valence-corrected chi connectivity index (χ2v) is 9.98. The van der Waals surface area contributed by atoms with Crippen LogP contribution in [0.4, 0.5) is 0 Å². The molecule has 0 spiro atoms. The fourth-order valence-electron chi connectivity index (χ4n) is 5.23. The number of H-pyrrole nitrogens is 1. The molecule has 2 heterocycles. The summed E-state index contributed by atoms with van der Waals surface area (Å²) in [6.07, 6.45) is 4.02. The average molecular weight is 502 g/mol. The van der Waals surface area contributed by atoms with Gasteiger partial charge in [-0.2, -0.15) is 10.5 Å². The van der Waals surface area contributed by atoms with Gasteiger partial charge in [0.05, 0.1) is 46.5 Å². The molecule has 0 bridgehead atoms. The number of benzene rings is 3. The number of rotatable bonds is 8. The molecule has 1 unspecified atom stereocenters. The number of aliphatic hydroxyl groups excluding tert-OH is 1. The quantitative estimate of drug-likeness (QED) is 0.240. The minimum atomic E-state index is 0.126. The first kappa shape index (κ1) is 23.9. The number of nitrogens with one attached hydrogen (secondary N) is 1. The number of aliphatic hydroxyl groups is 1. The smallest absolute Gasteiger partial charge is 0.163 e. The molecule has 1 fully saturated rings. The second-order valence-electron chi connectivity index (χ2n) is 9.98. The van der Waals surface area contributed by atoms with Crippen LogP contribution in [0.3, 0.4) is 0 Å². The highest BCUT2D eigenvalue weighted by molar-refractivity contribution is 6.22. The first-order valence-corrected chi connectivity index (χ1v) is 13.1. The summed E-state index contributed by atoms with van der Waals surface area (Å²) in [6, 6.07) is 19.6. The van der Waals surface area contributed by atoms with E-state index < -0.39 is 0 Å². The van der Waals surface area contributed by atoms with Crippen LogP contribution in [0.15, 0.2) is 48.5 Å². The maximum absolute atomic E-state index is 9.74. The molecule has 6 rings (SSSR count). The van der Waals surface area contributed by atoms with Crippen molar-refractivity contribution < 1.29 is 9.84 Å².